The van der Waals surface area contributed by atoms with E-state index in [4.69, 9.17) is 21.7 Å². The first-order valence-electron chi connectivity index (χ1n) is 5.23. The molecule has 0 bridgehead atoms. The average Bonchev–Trinajstić information content (AvgIpc) is 2.31. The fourth-order valence-corrected chi connectivity index (χ4v) is 1.58. The summed E-state index contributed by atoms with van der Waals surface area (Å²) in [4.78, 5) is 1.97. The van der Waals surface area contributed by atoms with Crippen molar-refractivity contribution in [3.05, 3.63) is 24.3 Å². The smallest absolute Gasteiger partial charge is 0.554 e. The molecule has 0 atom stereocenters. The van der Waals surface area contributed by atoms with Crippen LogP contribution in [0.15, 0.2) is 18.2 Å². The first-order valence-corrected chi connectivity index (χ1v) is 5.64. The number of benzene rings is 1. The van der Waals surface area contributed by atoms with Gasteiger partial charge in [-0.05, 0) is 26.1 Å². The van der Waals surface area contributed by atoms with E-state index in [9.17, 15) is 0 Å². The number of rotatable bonds is 4. The van der Waals surface area contributed by atoms with Gasteiger partial charge in [-0.15, -0.1) is 24.3 Å². The Bertz CT molecular complexity index is 339. The number of methoxy groups -OCH3 is 1. The minimum absolute atomic E-state index is 0. The average molecular weight is 245 g/mol. The third-order valence-electron chi connectivity index (χ3n) is 2.21. The monoisotopic (exact) mass is 245 g/mol. The fourth-order valence-electron chi connectivity index (χ4n) is 1.23. The van der Waals surface area contributed by atoms with Gasteiger partial charge in [-0.3, -0.25) is 0 Å². The summed E-state index contributed by atoms with van der Waals surface area (Å²) >= 11 is 5.17. The van der Waals surface area contributed by atoms with E-state index in [1.165, 1.54) is 0 Å². The molecule has 3 nitrogen and oxygen atoms in total. The van der Waals surface area contributed by atoms with E-state index >= 15 is 0 Å². The van der Waals surface area contributed by atoms with Crippen LogP contribution in [-0.2, 0) is 0 Å². The number of nitrogens with zero attached hydrogens (tertiary/aromatic N) is 1. The molecule has 0 unspecified atom stereocenters. The van der Waals surface area contributed by atoms with Gasteiger partial charge in [0.1, 0.15) is 0 Å². The van der Waals surface area contributed by atoms with Crippen molar-refractivity contribution in [3.63, 3.8) is 0 Å². The second-order valence-corrected chi connectivity index (χ2v) is 3.48. The first kappa shape index (κ1) is 16.3. The quantitative estimate of drug-likeness (QED) is 0.405. The van der Waals surface area contributed by atoms with Gasteiger partial charge in [-0.2, -0.15) is 0 Å². The zero-order valence-corrected chi connectivity index (χ0v) is 11.6. The summed E-state index contributed by atoms with van der Waals surface area (Å²) in [5, 5.41) is 0.478. The molecule has 5 heteroatoms. The molecule has 0 aromatic heterocycles. The van der Waals surface area contributed by atoms with Gasteiger partial charge in [-0.25, -0.2) is 0 Å². The summed E-state index contributed by atoms with van der Waals surface area (Å²) in [5.74, 6) is 1.36. The van der Waals surface area contributed by atoms with Crippen molar-refractivity contribution in [2.24, 2.45) is 0 Å². The van der Waals surface area contributed by atoms with Crippen LogP contribution in [0.1, 0.15) is 13.8 Å². The van der Waals surface area contributed by atoms with Crippen LogP contribution in [0.5, 0.6) is 11.5 Å². The Balaban J connectivity index is 0.00000256. The molecular formula is C12H16LiNO2S. The molecule has 0 saturated heterocycles. The molecule has 0 fully saturated rings. The van der Waals surface area contributed by atoms with Crippen LogP contribution in [0.3, 0.4) is 0 Å². The van der Waals surface area contributed by atoms with Crippen LogP contribution in [0, 0.1) is 6.07 Å². The number of ether oxygens (including phenoxy) is 2. The minimum Gasteiger partial charge on any atom is -0.554 e. The van der Waals surface area contributed by atoms with Gasteiger partial charge < -0.3 is 14.4 Å². The predicted molar refractivity (Wildman–Crippen MR) is 68.0 cm³/mol. The van der Waals surface area contributed by atoms with Crippen LogP contribution in [-0.4, -0.2) is 30.3 Å². The Morgan fingerprint density at radius 1 is 1.35 bits per heavy atom. The van der Waals surface area contributed by atoms with E-state index < -0.39 is 0 Å². The number of hydrogen-bond donors (Lipinski definition) is 0. The zero-order chi connectivity index (χ0) is 12.0. The molecule has 1 aromatic rings. The van der Waals surface area contributed by atoms with Crippen LogP contribution in [0.25, 0.3) is 0 Å². The molecule has 0 aliphatic heterocycles. The summed E-state index contributed by atoms with van der Waals surface area (Å²) in [6.07, 6.45) is 0. The molecule has 0 radical (unpaired) electrons. The molecule has 17 heavy (non-hydrogen) atoms. The van der Waals surface area contributed by atoms with Gasteiger partial charge in [0.2, 0.25) is 0 Å². The molecule has 0 aliphatic rings. The Hall–Kier alpha value is -0.693. The van der Waals surface area contributed by atoms with Crippen LogP contribution in [0.2, 0.25) is 0 Å². The SMILES string of the molecule is CCN(CC)C(=S)Oc1[c-]cc(OC)cc1.[Li+]. The van der Waals surface area contributed by atoms with Gasteiger partial charge in [0.05, 0.1) is 7.11 Å². The Morgan fingerprint density at radius 2 is 2.00 bits per heavy atom. The summed E-state index contributed by atoms with van der Waals surface area (Å²) in [5.41, 5.74) is 0. The van der Waals surface area contributed by atoms with Gasteiger partial charge >= 0.3 is 18.9 Å². The van der Waals surface area contributed by atoms with E-state index in [1.54, 1.807) is 19.2 Å². The molecule has 0 spiro atoms. The van der Waals surface area contributed by atoms with E-state index in [0.29, 0.717) is 10.9 Å². The van der Waals surface area contributed by atoms with E-state index in [1.807, 2.05) is 24.8 Å². The summed E-state index contributed by atoms with van der Waals surface area (Å²) in [6, 6.07) is 8.29. The first-order chi connectivity index (χ1) is 7.71. The van der Waals surface area contributed by atoms with Gasteiger partial charge in [-0.1, -0.05) is 0 Å². The van der Waals surface area contributed by atoms with Crippen molar-refractivity contribution in [1.82, 2.24) is 4.90 Å². The van der Waals surface area contributed by atoms with E-state index in [-0.39, 0.29) is 18.9 Å². The summed E-state index contributed by atoms with van der Waals surface area (Å²) < 4.78 is 10.5. The van der Waals surface area contributed by atoms with Crippen molar-refractivity contribution in [3.8, 4) is 11.5 Å². The maximum Gasteiger partial charge on any atom is 1.00 e. The Labute approximate surface area is 120 Å². The number of hydrogen-bond acceptors (Lipinski definition) is 3. The van der Waals surface area contributed by atoms with Crippen LogP contribution < -0.4 is 28.3 Å². The Morgan fingerprint density at radius 3 is 2.41 bits per heavy atom. The second kappa shape index (κ2) is 8.41. The van der Waals surface area contributed by atoms with Crippen molar-refractivity contribution >= 4 is 17.4 Å². The second-order valence-electron chi connectivity index (χ2n) is 3.13. The molecule has 0 aliphatic carbocycles. The molecule has 0 heterocycles. The van der Waals surface area contributed by atoms with Gasteiger partial charge in [0.25, 0.3) is 5.17 Å². The standard InChI is InChI=1S/C12H16NO2S.Li/c1-4-13(5-2)12(16)15-11-8-6-10(14-3)7-9-11;/h6-8H,4-5H2,1-3H3;/q-1;+1. The van der Waals surface area contributed by atoms with Gasteiger partial charge in [0.15, 0.2) is 0 Å². The number of thiocarbonyl (C=S) groups is 1. The zero-order valence-electron chi connectivity index (χ0n) is 10.8. The van der Waals surface area contributed by atoms with Crippen molar-refractivity contribution in [2.75, 3.05) is 20.2 Å². The van der Waals surface area contributed by atoms with Crippen molar-refractivity contribution in [1.29, 1.82) is 0 Å². The third-order valence-corrected chi connectivity index (χ3v) is 2.55. The van der Waals surface area contributed by atoms with Gasteiger partial charge in [0, 0.05) is 24.6 Å². The normalized spacial score (nSPS) is 9.12. The maximum absolute atomic E-state index is 5.50. The largest absolute Gasteiger partial charge is 1.00 e. The topological polar surface area (TPSA) is 21.7 Å². The van der Waals surface area contributed by atoms with E-state index in [2.05, 4.69) is 6.07 Å². The molecule has 0 amide bonds. The summed E-state index contributed by atoms with van der Waals surface area (Å²) in [6.45, 7) is 5.75. The Kier molecular flexibility index (Phi) is 8.06. The fraction of sp³-hybridized carbons (Fsp3) is 0.417. The maximum atomic E-state index is 5.50. The van der Waals surface area contributed by atoms with Crippen LogP contribution in [0.4, 0.5) is 0 Å². The molecule has 1 rings (SSSR count). The third kappa shape index (κ3) is 4.99. The van der Waals surface area contributed by atoms with Crippen molar-refractivity contribution < 1.29 is 28.3 Å². The summed E-state index contributed by atoms with van der Waals surface area (Å²) in [7, 11) is 1.62. The molecule has 0 saturated carbocycles. The molecule has 88 valence electrons. The van der Waals surface area contributed by atoms with Crippen LogP contribution >= 0.6 is 12.2 Å². The minimum atomic E-state index is 0. The predicted octanol–water partition coefficient (Wildman–Crippen LogP) is -0.495. The van der Waals surface area contributed by atoms with E-state index in [0.717, 1.165) is 18.8 Å². The molecule has 0 N–H and O–H groups in total. The molecule has 1 aromatic carbocycles. The molecular weight excluding hydrogens is 229 g/mol. The van der Waals surface area contributed by atoms with Crippen molar-refractivity contribution in [2.45, 2.75) is 13.8 Å².